The SMILES string of the molecule is OC1C(O)C(O)C(O)(F)C(O)C1O. The van der Waals surface area contributed by atoms with Crippen LogP contribution < -0.4 is 0 Å². The zero-order valence-corrected chi connectivity index (χ0v) is 6.45. The van der Waals surface area contributed by atoms with Gasteiger partial charge in [-0.2, -0.15) is 0 Å². The van der Waals surface area contributed by atoms with E-state index in [1.165, 1.54) is 0 Å². The minimum Gasteiger partial charge on any atom is -0.387 e. The van der Waals surface area contributed by atoms with Crippen LogP contribution in [0.25, 0.3) is 0 Å². The number of aliphatic hydroxyl groups excluding tert-OH is 5. The molecular weight excluding hydrogens is 187 g/mol. The highest BCUT2D eigenvalue weighted by Crippen LogP contribution is 2.31. The molecule has 78 valence electrons. The van der Waals surface area contributed by atoms with E-state index in [0.29, 0.717) is 0 Å². The van der Waals surface area contributed by atoms with Gasteiger partial charge in [-0.3, -0.25) is 0 Å². The van der Waals surface area contributed by atoms with E-state index in [1.54, 1.807) is 0 Å². The van der Waals surface area contributed by atoms with Gasteiger partial charge in [0, 0.05) is 0 Å². The van der Waals surface area contributed by atoms with Crippen molar-refractivity contribution in [3.63, 3.8) is 0 Å². The van der Waals surface area contributed by atoms with Crippen molar-refractivity contribution in [3.8, 4) is 0 Å². The number of rotatable bonds is 0. The van der Waals surface area contributed by atoms with E-state index < -0.39 is 36.4 Å². The monoisotopic (exact) mass is 198 g/mol. The lowest BCUT2D eigenvalue weighted by atomic mass is 9.83. The van der Waals surface area contributed by atoms with Gasteiger partial charge in [-0.25, -0.2) is 4.39 Å². The van der Waals surface area contributed by atoms with E-state index in [9.17, 15) is 4.39 Å². The predicted molar refractivity (Wildman–Crippen MR) is 36.1 cm³/mol. The van der Waals surface area contributed by atoms with Gasteiger partial charge < -0.3 is 30.6 Å². The molecule has 1 aliphatic carbocycles. The topological polar surface area (TPSA) is 121 Å². The maximum Gasteiger partial charge on any atom is 0.264 e. The average molecular weight is 198 g/mol. The van der Waals surface area contributed by atoms with E-state index >= 15 is 0 Å². The van der Waals surface area contributed by atoms with Crippen LogP contribution in [-0.2, 0) is 0 Å². The normalized spacial score (nSPS) is 57.9. The fourth-order valence-corrected chi connectivity index (χ4v) is 1.23. The molecule has 0 spiro atoms. The standard InChI is InChI=1S/C6H11FO6/c7-6(13)4(11)2(9)1(8)3(10)5(6)12/h1-5,8-13H. The van der Waals surface area contributed by atoms with E-state index in [0.717, 1.165) is 0 Å². The molecule has 0 heterocycles. The summed E-state index contributed by atoms with van der Waals surface area (Å²) in [5.74, 6) is -3.53. The smallest absolute Gasteiger partial charge is 0.264 e. The maximum absolute atomic E-state index is 13.0. The van der Waals surface area contributed by atoms with E-state index in [4.69, 9.17) is 30.6 Å². The summed E-state index contributed by atoms with van der Waals surface area (Å²) in [4.78, 5) is 0. The van der Waals surface area contributed by atoms with Gasteiger partial charge >= 0.3 is 0 Å². The Balaban J connectivity index is 2.93. The summed E-state index contributed by atoms with van der Waals surface area (Å²) in [5.41, 5.74) is 0. The fraction of sp³-hybridized carbons (Fsp3) is 1.00. The lowest BCUT2D eigenvalue weighted by Gasteiger charge is -2.42. The molecule has 0 bridgehead atoms. The first-order valence-corrected chi connectivity index (χ1v) is 3.61. The molecule has 0 aromatic heterocycles. The van der Waals surface area contributed by atoms with Gasteiger partial charge in [0.2, 0.25) is 0 Å². The Morgan fingerprint density at radius 1 is 0.769 bits per heavy atom. The van der Waals surface area contributed by atoms with Gasteiger partial charge in [0.05, 0.1) is 0 Å². The number of halogens is 1. The average Bonchev–Trinajstić information content (AvgIpc) is 2.09. The van der Waals surface area contributed by atoms with Gasteiger partial charge in [-0.05, 0) is 0 Å². The Labute approximate surface area is 72.5 Å². The highest BCUT2D eigenvalue weighted by Gasteiger charge is 2.58. The van der Waals surface area contributed by atoms with Crippen molar-refractivity contribution in [2.45, 2.75) is 36.4 Å². The fourth-order valence-electron chi connectivity index (χ4n) is 1.23. The van der Waals surface area contributed by atoms with Gasteiger partial charge in [0.1, 0.15) is 30.5 Å². The Morgan fingerprint density at radius 2 is 1.08 bits per heavy atom. The highest BCUT2D eigenvalue weighted by atomic mass is 19.2. The summed E-state index contributed by atoms with van der Waals surface area (Å²) in [5, 5.41) is 53.2. The predicted octanol–water partition coefficient (Wildman–Crippen LogP) is -3.54. The first-order valence-electron chi connectivity index (χ1n) is 3.61. The van der Waals surface area contributed by atoms with Gasteiger partial charge in [0.25, 0.3) is 5.85 Å². The minimum atomic E-state index is -3.53. The molecule has 7 heteroatoms. The molecule has 6 N–H and O–H groups in total. The largest absolute Gasteiger partial charge is 0.387 e. The van der Waals surface area contributed by atoms with Crippen molar-refractivity contribution < 1.29 is 35.0 Å². The molecule has 0 aromatic carbocycles. The Hall–Kier alpha value is -0.310. The van der Waals surface area contributed by atoms with Crippen molar-refractivity contribution in [3.05, 3.63) is 0 Å². The van der Waals surface area contributed by atoms with Gasteiger partial charge in [0.15, 0.2) is 0 Å². The third-order valence-electron chi connectivity index (χ3n) is 2.18. The first-order chi connectivity index (χ1) is 5.80. The summed E-state index contributed by atoms with van der Waals surface area (Å²) in [6.07, 6.45) is -10.7. The van der Waals surface area contributed by atoms with Crippen LogP contribution in [0.5, 0.6) is 0 Å². The molecule has 0 aliphatic heterocycles. The van der Waals surface area contributed by atoms with Crippen LogP contribution in [-0.4, -0.2) is 67.0 Å². The third-order valence-corrected chi connectivity index (χ3v) is 2.18. The van der Waals surface area contributed by atoms with Gasteiger partial charge in [-0.15, -0.1) is 0 Å². The Bertz CT molecular complexity index is 180. The van der Waals surface area contributed by atoms with Gasteiger partial charge in [-0.1, -0.05) is 0 Å². The zero-order chi connectivity index (χ0) is 10.4. The first kappa shape index (κ1) is 10.8. The second-order valence-corrected chi connectivity index (χ2v) is 3.09. The second kappa shape index (κ2) is 3.12. The van der Waals surface area contributed by atoms with Crippen LogP contribution in [0.4, 0.5) is 4.39 Å². The molecule has 4 atom stereocenters. The second-order valence-electron chi connectivity index (χ2n) is 3.09. The highest BCUT2D eigenvalue weighted by molar-refractivity contribution is 5.02. The van der Waals surface area contributed by atoms with Crippen LogP contribution in [0.2, 0.25) is 0 Å². The van der Waals surface area contributed by atoms with Crippen LogP contribution in [0, 0.1) is 0 Å². The molecule has 0 aromatic rings. The van der Waals surface area contributed by atoms with Crippen molar-refractivity contribution in [1.29, 1.82) is 0 Å². The molecule has 4 unspecified atom stereocenters. The van der Waals surface area contributed by atoms with Crippen molar-refractivity contribution in [2.75, 3.05) is 0 Å². The summed E-state index contributed by atoms with van der Waals surface area (Å²) in [7, 11) is 0. The van der Waals surface area contributed by atoms with E-state index in [2.05, 4.69) is 0 Å². The molecule has 1 rings (SSSR count). The van der Waals surface area contributed by atoms with Crippen molar-refractivity contribution in [1.82, 2.24) is 0 Å². The molecule has 0 radical (unpaired) electrons. The number of alkyl halides is 1. The molecule has 1 saturated carbocycles. The van der Waals surface area contributed by atoms with E-state index in [-0.39, 0.29) is 0 Å². The molecule has 1 aliphatic rings. The molecule has 1 fully saturated rings. The maximum atomic E-state index is 13.0. The van der Waals surface area contributed by atoms with E-state index in [1.807, 2.05) is 0 Å². The third kappa shape index (κ3) is 1.43. The molecule has 0 amide bonds. The lowest BCUT2D eigenvalue weighted by molar-refractivity contribution is -0.314. The van der Waals surface area contributed by atoms with Crippen LogP contribution in [0.15, 0.2) is 0 Å². The zero-order valence-electron chi connectivity index (χ0n) is 6.45. The summed E-state index contributed by atoms with van der Waals surface area (Å²) in [6, 6.07) is 0. The summed E-state index contributed by atoms with van der Waals surface area (Å²) < 4.78 is 13.0. The number of hydrogen-bond acceptors (Lipinski definition) is 6. The van der Waals surface area contributed by atoms with Crippen LogP contribution >= 0.6 is 0 Å². The quantitative estimate of drug-likeness (QED) is 0.240. The van der Waals surface area contributed by atoms with Crippen LogP contribution in [0.1, 0.15) is 0 Å². The summed E-state index contributed by atoms with van der Waals surface area (Å²) in [6.45, 7) is 0. The Morgan fingerprint density at radius 3 is 1.38 bits per heavy atom. The molecule has 0 saturated heterocycles. The molecular formula is C6H11FO6. The number of aliphatic hydroxyl groups is 6. The Kier molecular flexibility index (Phi) is 2.59. The van der Waals surface area contributed by atoms with Crippen molar-refractivity contribution in [2.24, 2.45) is 0 Å². The molecule has 13 heavy (non-hydrogen) atoms. The summed E-state index contributed by atoms with van der Waals surface area (Å²) >= 11 is 0. The van der Waals surface area contributed by atoms with Crippen molar-refractivity contribution >= 4 is 0 Å². The minimum absolute atomic E-state index is 1.90. The van der Waals surface area contributed by atoms with Crippen LogP contribution in [0.3, 0.4) is 0 Å². The lowest BCUT2D eigenvalue weighted by Crippen LogP contribution is -2.68. The molecule has 6 nitrogen and oxygen atoms in total. The number of hydrogen-bond donors (Lipinski definition) is 6.